The molecule has 3 aromatic heterocycles. The first-order valence-electron chi connectivity index (χ1n) is 11.5. The van der Waals surface area contributed by atoms with Gasteiger partial charge in [-0.2, -0.15) is 0 Å². The number of amides is 1. The van der Waals surface area contributed by atoms with Gasteiger partial charge in [-0.15, -0.1) is 0 Å². The smallest absolute Gasteiger partial charge is 0.295 e. The quantitative estimate of drug-likeness (QED) is 0.380. The minimum atomic E-state index is -0.479. The molecular weight excluding hydrogens is 426 g/mol. The number of rotatable bonds is 4. The molecule has 7 nitrogen and oxygen atoms in total. The van der Waals surface area contributed by atoms with Gasteiger partial charge in [-0.3, -0.25) is 9.59 Å². The van der Waals surface area contributed by atoms with Crippen molar-refractivity contribution in [2.45, 2.75) is 13.8 Å². The van der Waals surface area contributed by atoms with Crippen LogP contribution in [0.5, 0.6) is 0 Å². The molecule has 0 bridgehead atoms. The maximum atomic E-state index is 13.2. The Hall–Kier alpha value is -4.13. The van der Waals surface area contributed by atoms with E-state index in [1.807, 2.05) is 73.4 Å². The Balaban J connectivity index is 1.35. The zero-order chi connectivity index (χ0) is 23.7. The monoisotopic (exact) mass is 453 g/mol. The highest BCUT2D eigenvalue weighted by Gasteiger charge is 2.28. The Kier molecular flexibility index (Phi) is 5.76. The van der Waals surface area contributed by atoms with E-state index in [0.29, 0.717) is 31.7 Å². The number of nitrogens with zero attached hydrogens (tertiary/aromatic N) is 4. The van der Waals surface area contributed by atoms with Crippen LogP contribution in [0.1, 0.15) is 24.2 Å². The first-order valence-corrected chi connectivity index (χ1v) is 11.5. The number of fused-ring (bicyclic) bond motifs is 1. The van der Waals surface area contributed by atoms with E-state index >= 15 is 0 Å². The van der Waals surface area contributed by atoms with Crippen molar-refractivity contribution in [2.24, 2.45) is 0 Å². The number of ketones is 1. The molecule has 34 heavy (non-hydrogen) atoms. The predicted molar refractivity (Wildman–Crippen MR) is 134 cm³/mol. The van der Waals surface area contributed by atoms with Gasteiger partial charge in [0.15, 0.2) is 0 Å². The van der Waals surface area contributed by atoms with E-state index in [4.69, 9.17) is 0 Å². The Morgan fingerprint density at radius 3 is 2.47 bits per heavy atom. The molecule has 4 heterocycles. The minimum Gasteiger partial charge on any atom is -0.359 e. The van der Waals surface area contributed by atoms with Crippen LogP contribution in [0.2, 0.25) is 0 Å². The van der Waals surface area contributed by atoms with Gasteiger partial charge in [0, 0.05) is 67.3 Å². The van der Waals surface area contributed by atoms with Crippen LogP contribution in [-0.2, 0) is 4.79 Å². The molecule has 1 fully saturated rings. The molecule has 1 aliphatic rings. The fraction of sp³-hybridized carbons (Fsp3) is 0.222. The molecule has 1 amide bonds. The van der Waals surface area contributed by atoms with E-state index in [9.17, 15) is 9.59 Å². The number of H-pyrrole nitrogens is 1. The highest BCUT2D eigenvalue weighted by molar-refractivity contribution is 6.42. The lowest BCUT2D eigenvalue weighted by atomic mass is 10.1. The maximum absolute atomic E-state index is 13.2. The van der Waals surface area contributed by atoms with E-state index in [0.717, 1.165) is 32.9 Å². The number of carbonyl (C=O) groups excluding carboxylic acids is 2. The zero-order valence-electron chi connectivity index (χ0n) is 19.4. The molecule has 0 spiro atoms. The van der Waals surface area contributed by atoms with Gasteiger partial charge in [0.1, 0.15) is 5.82 Å². The second kappa shape index (κ2) is 9.02. The molecule has 1 saturated heterocycles. The van der Waals surface area contributed by atoms with Crippen molar-refractivity contribution in [1.82, 2.24) is 19.4 Å². The van der Waals surface area contributed by atoms with Crippen LogP contribution in [0.15, 0.2) is 67.3 Å². The second-order valence-electron chi connectivity index (χ2n) is 8.42. The molecule has 1 aromatic carbocycles. The molecule has 1 N–H and O–H groups in total. The summed E-state index contributed by atoms with van der Waals surface area (Å²) in [5.74, 6) is -0.0175. The van der Waals surface area contributed by atoms with Gasteiger partial charge in [0.2, 0.25) is 0 Å². The highest BCUT2D eigenvalue weighted by Crippen LogP contribution is 2.25. The van der Waals surface area contributed by atoms with Crippen molar-refractivity contribution in [1.29, 1.82) is 0 Å². The fourth-order valence-corrected chi connectivity index (χ4v) is 4.64. The summed E-state index contributed by atoms with van der Waals surface area (Å²) in [6, 6.07) is 14.1. The van der Waals surface area contributed by atoms with Crippen molar-refractivity contribution >= 4 is 40.1 Å². The Bertz CT molecular complexity index is 1470. The van der Waals surface area contributed by atoms with Crippen molar-refractivity contribution in [3.05, 3.63) is 83.4 Å². The van der Waals surface area contributed by atoms with E-state index in [1.165, 1.54) is 0 Å². The average Bonchev–Trinajstić information content (AvgIpc) is 3.57. The van der Waals surface area contributed by atoms with Gasteiger partial charge in [-0.25, -0.2) is 4.98 Å². The summed E-state index contributed by atoms with van der Waals surface area (Å²) >= 11 is 0. The lowest BCUT2D eigenvalue weighted by molar-refractivity contribution is -0.126. The Labute approximate surface area is 197 Å². The number of hydrogen-bond donors (Lipinski definition) is 1. The molecule has 0 aliphatic carbocycles. The minimum absolute atomic E-state index is 0.409. The molecular formula is C27H27N5O2. The molecule has 7 heteroatoms. The summed E-state index contributed by atoms with van der Waals surface area (Å²) in [4.78, 5) is 38.0. The number of piperazine rings is 1. The zero-order valence-corrected chi connectivity index (χ0v) is 19.4. The van der Waals surface area contributed by atoms with Crippen molar-refractivity contribution in [2.75, 3.05) is 31.1 Å². The molecule has 0 radical (unpaired) electrons. The summed E-state index contributed by atoms with van der Waals surface area (Å²) in [5, 5.41) is 3.82. The fourth-order valence-electron chi connectivity index (χ4n) is 4.64. The topological polar surface area (TPSA) is 74.2 Å². The number of nitrogens with one attached hydrogen (secondary N) is 1. The standard InChI is InChI=1S/C27H27N5O2/c1-3-21-23(18-29-24(21)19(2)30-12-6-7-13-30)25(33)27(34)32-16-14-31(15-17-32)26-22-9-5-4-8-20(22)10-11-28-26/h3-13,18,29H,14-17H2,1-2H3/b21-3-,24-19-. The van der Waals surface area contributed by atoms with Crippen molar-refractivity contribution in [3.63, 3.8) is 0 Å². The second-order valence-corrected chi connectivity index (χ2v) is 8.42. The van der Waals surface area contributed by atoms with E-state index < -0.39 is 11.7 Å². The number of hydrogen-bond acceptors (Lipinski definition) is 4. The molecule has 0 atom stereocenters. The summed E-state index contributed by atoms with van der Waals surface area (Å²) in [7, 11) is 0. The van der Waals surface area contributed by atoms with Crippen molar-refractivity contribution < 1.29 is 9.59 Å². The number of carbonyl (C=O) groups is 2. The van der Waals surface area contributed by atoms with Crippen LogP contribution < -0.4 is 15.5 Å². The van der Waals surface area contributed by atoms with Gasteiger partial charge in [-0.05, 0) is 37.4 Å². The van der Waals surface area contributed by atoms with Crippen LogP contribution in [0.4, 0.5) is 5.82 Å². The molecule has 5 rings (SSSR count). The number of benzene rings is 1. The number of aromatic amines is 1. The molecule has 0 saturated carbocycles. The first kappa shape index (κ1) is 21.7. The van der Waals surface area contributed by atoms with Crippen LogP contribution in [-0.4, -0.2) is 57.3 Å². The van der Waals surface area contributed by atoms with Crippen LogP contribution in [0.3, 0.4) is 0 Å². The summed E-state index contributed by atoms with van der Waals surface area (Å²) < 4.78 is 1.98. The third-order valence-corrected chi connectivity index (χ3v) is 6.52. The van der Waals surface area contributed by atoms with E-state index in [2.05, 4.69) is 27.0 Å². The highest BCUT2D eigenvalue weighted by atomic mass is 16.2. The Morgan fingerprint density at radius 1 is 1.00 bits per heavy atom. The van der Waals surface area contributed by atoms with Gasteiger partial charge in [-0.1, -0.05) is 30.3 Å². The van der Waals surface area contributed by atoms with Gasteiger partial charge in [0.25, 0.3) is 11.7 Å². The van der Waals surface area contributed by atoms with Gasteiger partial charge in [0.05, 0.1) is 10.9 Å². The number of anilines is 1. The molecule has 1 aliphatic heterocycles. The van der Waals surface area contributed by atoms with Crippen LogP contribution >= 0.6 is 0 Å². The Morgan fingerprint density at radius 2 is 1.74 bits per heavy atom. The number of pyridine rings is 1. The summed E-state index contributed by atoms with van der Waals surface area (Å²) in [5.41, 5.74) is 1.37. The van der Waals surface area contributed by atoms with Crippen LogP contribution in [0.25, 0.3) is 22.5 Å². The maximum Gasteiger partial charge on any atom is 0.295 e. The third-order valence-electron chi connectivity index (χ3n) is 6.52. The van der Waals surface area contributed by atoms with Crippen LogP contribution in [0, 0.1) is 0 Å². The number of Topliss-reactive ketones (excluding diaryl/α,β-unsaturated/α-hetero) is 1. The molecule has 0 unspecified atom stereocenters. The SMILES string of the molecule is C/C=c1/c(C(=O)C(=O)N2CCN(c3nccc4ccccc34)CC2)c[nH]/c1=C(/C)n1cccc1. The summed E-state index contributed by atoms with van der Waals surface area (Å²) in [6.45, 7) is 6.08. The van der Waals surface area contributed by atoms with Gasteiger partial charge >= 0.3 is 0 Å². The lowest BCUT2D eigenvalue weighted by Crippen LogP contribution is -2.51. The number of aromatic nitrogens is 3. The van der Waals surface area contributed by atoms with E-state index in [1.54, 1.807) is 11.1 Å². The average molecular weight is 454 g/mol. The molecule has 4 aromatic rings. The lowest BCUT2D eigenvalue weighted by Gasteiger charge is -2.35. The first-order chi connectivity index (χ1) is 16.6. The van der Waals surface area contributed by atoms with E-state index in [-0.39, 0.29) is 0 Å². The largest absolute Gasteiger partial charge is 0.359 e. The normalized spacial score (nSPS) is 15.6. The summed E-state index contributed by atoms with van der Waals surface area (Å²) in [6.07, 6.45) is 9.24. The van der Waals surface area contributed by atoms with Crippen molar-refractivity contribution in [3.8, 4) is 0 Å². The third kappa shape index (κ3) is 3.79. The van der Waals surface area contributed by atoms with Gasteiger partial charge < -0.3 is 19.4 Å². The predicted octanol–water partition coefficient (Wildman–Crippen LogP) is 2.37. The molecule has 172 valence electrons.